The van der Waals surface area contributed by atoms with Crippen LogP contribution < -0.4 is 0 Å². The first-order valence-electron chi connectivity index (χ1n) is 5.91. The largest absolute Gasteiger partial charge is 0.461 e. The monoisotopic (exact) mass is 259 g/mol. The first-order valence-corrected chi connectivity index (χ1v) is 9.32. The topological polar surface area (TPSA) is 57.1 Å². The molecule has 5 nitrogen and oxygen atoms in total. The van der Waals surface area contributed by atoms with Crippen molar-refractivity contribution in [3.63, 3.8) is 0 Å². The summed E-state index contributed by atoms with van der Waals surface area (Å²) >= 11 is 0. The molecule has 0 aromatic rings. The van der Waals surface area contributed by atoms with Crippen LogP contribution in [-0.2, 0) is 18.8 Å². The molecule has 0 bridgehead atoms. The molecule has 2 atom stereocenters. The molecule has 0 aromatic heterocycles. The Morgan fingerprint density at radius 2 is 2.18 bits per heavy atom. The molecule has 1 aliphatic rings. The van der Waals surface area contributed by atoms with Crippen LogP contribution in [0.25, 0.3) is 0 Å². The lowest BCUT2D eigenvalue weighted by molar-refractivity contribution is -0.140. The normalized spacial score (nSPS) is 24.9. The molecular formula is C11H21NO4Si. The lowest BCUT2D eigenvalue weighted by Crippen LogP contribution is -2.40. The molecule has 0 saturated carbocycles. The van der Waals surface area contributed by atoms with Crippen molar-refractivity contribution >= 4 is 20.0 Å². The molecule has 0 saturated heterocycles. The van der Waals surface area contributed by atoms with E-state index in [9.17, 15) is 4.79 Å². The number of nitrogens with zero attached hydrogens (tertiary/aromatic N) is 1. The van der Waals surface area contributed by atoms with Gasteiger partial charge < -0.3 is 14.0 Å². The molecule has 6 heteroatoms. The molecule has 0 unspecified atom stereocenters. The van der Waals surface area contributed by atoms with Gasteiger partial charge in [0.15, 0.2) is 14.0 Å². The lowest BCUT2D eigenvalue weighted by atomic mass is 10.0. The number of hydrogen-bond acceptors (Lipinski definition) is 5. The van der Waals surface area contributed by atoms with E-state index in [4.69, 9.17) is 14.0 Å². The molecule has 0 N–H and O–H groups in total. The van der Waals surface area contributed by atoms with E-state index in [1.165, 1.54) is 0 Å². The van der Waals surface area contributed by atoms with E-state index >= 15 is 0 Å². The summed E-state index contributed by atoms with van der Waals surface area (Å²) in [6, 6.07) is 0. The number of carbonyl (C=O) groups excluding carboxylic acids is 1. The fraction of sp³-hybridized carbons (Fsp3) is 0.818. The summed E-state index contributed by atoms with van der Waals surface area (Å²) < 4.78 is 10.7. The second kappa shape index (κ2) is 5.64. The SMILES string of the molecule is CCOC(=O)C1=NO[C@@H](O[Si](C)(C)C)[C@H](C)C1. The third kappa shape index (κ3) is 4.47. The second-order valence-corrected chi connectivity index (χ2v) is 9.60. The maximum atomic E-state index is 11.5. The minimum atomic E-state index is -1.66. The molecule has 0 spiro atoms. The Labute approximate surface area is 103 Å². The van der Waals surface area contributed by atoms with Crippen LogP contribution in [0.1, 0.15) is 20.3 Å². The van der Waals surface area contributed by atoms with Gasteiger partial charge in [-0.2, -0.15) is 0 Å². The zero-order chi connectivity index (χ0) is 13.1. The highest BCUT2D eigenvalue weighted by Gasteiger charge is 2.33. The van der Waals surface area contributed by atoms with Crippen LogP contribution in [-0.4, -0.2) is 32.9 Å². The van der Waals surface area contributed by atoms with Crippen molar-refractivity contribution in [3.8, 4) is 0 Å². The van der Waals surface area contributed by atoms with E-state index in [1.54, 1.807) is 6.92 Å². The predicted octanol–water partition coefficient (Wildman–Crippen LogP) is 2.14. The minimum absolute atomic E-state index is 0.110. The van der Waals surface area contributed by atoms with Crippen molar-refractivity contribution in [3.05, 3.63) is 0 Å². The van der Waals surface area contributed by atoms with Crippen molar-refractivity contribution in [1.29, 1.82) is 0 Å². The van der Waals surface area contributed by atoms with Gasteiger partial charge in [0.2, 0.25) is 6.29 Å². The number of esters is 1. The van der Waals surface area contributed by atoms with Crippen LogP contribution in [0.5, 0.6) is 0 Å². The van der Waals surface area contributed by atoms with Crippen LogP contribution in [0.3, 0.4) is 0 Å². The number of hydrogen-bond donors (Lipinski definition) is 0. The van der Waals surface area contributed by atoms with Gasteiger partial charge in [-0.3, -0.25) is 0 Å². The maximum absolute atomic E-state index is 11.5. The molecule has 0 amide bonds. The average Bonchev–Trinajstić information content (AvgIpc) is 2.19. The summed E-state index contributed by atoms with van der Waals surface area (Å²) in [5.74, 6) is -0.288. The highest BCUT2D eigenvalue weighted by Crippen LogP contribution is 2.23. The van der Waals surface area contributed by atoms with Gasteiger partial charge in [-0.05, 0) is 26.6 Å². The van der Waals surface area contributed by atoms with Crippen LogP contribution in [0, 0.1) is 5.92 Å². The first kappa shape index (κ1) is 14.2. The first-order chi connectivity index (χ1) is 7.83. The Hall–Kier alpha value is -0.883. The summed E-state index contributed by atoms with van der Waals surface area (Å²) in [5.41, 5.74) is 0.342. The highest BCUT2D eigenvalue weighted by atomic mass is 28.4. The van der Waals surface area contributed by atoms with E-state index in [-0.39, 0.29) is 12.2 Å². The average molecular weight is 259 g/mol. The molecule has 0 fully saturated rings. The molecule has 1 rings (SSSR count). The minimum Gasteiger partial charge on any atom is -0.461 e. The zero-order valence-electron chi connectivity index (χ0n) is 11.1. The molecule has 17 heavy (non-hydrogen) atoms. The van der Waals surface area contributed by atoms with E-state index in [2.05, 4.69) is 24.8 Å². The van der Waals surface area contributed by atoms with Gasteiger partial charge >= 0.3 is 5.97 Å². The summed E-state index contributed by atoms with van der Waals surface area (Å²) in [4.78, 5) is 16.7. The summed E-state index contributed by atoms with van der Waals surface area (Å²) in [7, 11) is -1.66. The van der Waals surface area contributed by atoms with Crippen LogP contribution in [0.15, 0.2) is 5.16 Å². The van der Waals surface area contributed by atoms with Crippen molar-refractivity contribution in [2.45, 2.75) is 46.2 Å². The third-order valence-electron chi connectivity index (χ3n) is 2.23. The smallest absolute Gasteiger partial charge is 0.356 e. The fourth-order valence-electron chi connectivity index (χ4n) is 1.48. The van der Waals surface area contributed by atoms with Gasteiger partial charge in [0.1, 0.15) is 0 Å². The van der Waals surface area contributed by atoms with E-state index in [1.807, 2.05) is 6.92 Å². The van der Waals surface area contributed by atoms with E-state index < -0.39 is 14.3 Å². The number of oxime groups is 1. The van der Waals surface area contributed by atoms with Gasteiger partial charge in [0, 0.05) is 12.3 Å². The number of ether oxygens (including phenoxy) is 1. The summed E-state index contributed by atoms with van der Waals surface area (Å²) in [5, 5.41) is 3.80. The van der Waals surface area contributed by atoms with Crippen LogP contribution >= 0.6 is 0 Å². The number of rotatable bonds is 4. The van der Waals surface area contributed by atoms with Gasteiger partial charge in [0.25, 0.3) is 0 Å². The predicted molar refractivity (Wildman–Crippen MR) is 67.2 cm³/mol. The molecule has 1 aliphatic heterocycles. The van der Waals surface area contributed by atoms with Crippen LogP contribution in [0.4, 0.5) is 0 Å². The number of carbonyl (C=O) groups is 1. The summed E-state index contributed by atoms with van der Waals surface area (Å²) in [6.07, 6.45) is 0.188. The van der Waals surface area contributed by atoms with Crippen molar-refractivity contribution in [2.75, 3.05) is 6.61 Å². The van der Waals surface area contributed by atoms with Gasteiger partial charge in [-0.25, -0.2) is 4.79 Å². The molecule has 0 aromatic carbocycles. The van der Waals surface area contributed by atoms with Gasteiger partial charge in [-0.15, -0.1) is 0 Å². The third-order valence-corrected chi connectivity index (χ3v) is 3.17. The van der Waals surface area contributed by atoms with Gasteiger partial charge in [-0.1, -0.05) is 12.1 Å². The second-order valence-electron chi connectivity index (χ2n) is 5.14. The molecule has 0 aliphatic carbocycles. The molecular weight excluding hydrogens is 238 g/mol. The Balaban J connectivity index is 2.60. The highest BCUT2D eigenvalue weighted by molar-refractivity contribution is 6.69. The Morgan fingerprint density at radius 3 is 2.65 bits per heavy atom. The van der Waals surface area contributed by atoms with E-state index in [0.717, 1.165) is 0 Å². The summed E-state index contributed by atoms with van der Waals surface area (Å²) in [6.45, 7) is 10.4. The van der Waals surface area contributed by atoms with E-state index in [0.29, 0.717) is 18.7 Å². The standard InChI is InChI=1S/C11H21NO4Si/c1-6-14-10(13)9-7-8(2)11(15-12-9)16-17(3,4)5/h8,11H,6-7H2,1-5H3/t8-,11+/m1/s1. The van der Waals surface area contributed by atoms with Crippen molar-refractivity contribution < 1.29 is 18.8 Å². The Morgan fingerprint density at radius 1 is 1.53 bits per heavy atom. The zero-order valence-corrected chi connectivity index (χ0v) is 12.1. The molecule has 1 heterocycles. The van der Waals surface area contributed by atoms with Gasteiger partial charge in [0.05, 0.1) is 6.61 Å². The lowest BCUT2D eigenvalue weighted by Gasteiger charge is -2.31. The molecule has 0 radical (unpaired) electrons. The maximum Gasteiger partial charge on any atom is 0.356 e. The quantitative estimate of drug-likeness (QED) is 0.573. The molecule has 98 valence electrons. The van der Waals surface area contributed by atoms with Crippen molar-refractivity contribution in [1.82, 2.24) is 0 Å². The Bertz CT molecular complexity index is 311. The van der Waals surface area contributed by atoms with Crippen LogP contribution in [0.2, 0.25) is 19.6 Å². The fourth-order valence-corrected chi connectivity index (χ4v) is 2.45. The van der Waals surface area contributed by atoms with Crippen molar-refractivity contribution in [2.24, 2.45) is 11.1 Å². The Kier molecular flexibility index (Phi) is 4.70.